The highest BCUT2D eigenvalue weighted by molar-refractivity contribution is 9.10. The average Bonchev–Trinajstić information content (AvgIpc) is 2.74. The van der Waals surface area contributed by atoms with Crippen LogP contribution in [0, 0.1) is 15.9 Å². The summed E-state index contributed by atoms with van der Waals surface area (Å²) in [7, 11) is 1.48. The van der Waals surface area contributed by atoms with Gasteiger partial charge in [-0.2, -0.15) is 5.10 Å². The minimum atomic E-state index is -0.549. The van der Waals surface area contributed by atoms with Crippen molar-refractivity contribution in [2.24, 2.45) is 5.10 Å². The van der Waals surface area contributed by atoms with Gasteiger partial charge in [-0.15, -0.1) is 0 Å². The highest BCUT2D eigenvalue weighted by Gasteiger charge is 2.14. The van der Waals surface area contributed by atoms with Crippen LogP contribution in [0.3, 0.4) is 0 Å². The molecule has 0 amide bonds. The van der Waals surface area contributed by atoms with E-state index in [-0.39, 0.29) is 23.9 Å². The SMILES string of the molecule is COc1cc(/C=N\Nc2ncccc2[N+](=O)[O-])cc(Br)c1OCc1ccccc1F. The minimum absolute atomic E-state index is 0.0228. The van der Waals surface area contributed by atoms with Crippen molar-refractivity contribution in [2.75, 3.05) is 12.5 Å². The summed E-state index contributed by atoms with van der Waals surface area (Å²) in [4.78, 5) is 14.4. The Bertz CT molecular complexity index is 1090. The molecular formula is C20H16BrFN4O4. The van der Waals surface area contributed by atoms with Crippen molar-refractivity contribution in [3.05, 3.63) is 86.3 Å². The van der Waals surface area contributed by atoms with Crippen LogP contribution < -0.4 is 14.9 Å². The molecule has 8 nitrogen and oxygen atoms in total. The molecule has 30 heavy (non-hydrogen) atoms. The van der Waals surface area contributed by atoms with E-state index in [0.29, 0.717) is 27.1 Å². The highest BCUT2D eigenvalue weighted by Crippen LogP contribution is 2.37. The van der Waals surface area contributed by atoms with Crippen LogP contribution in [0.2, 0.25) is 0 Å². The normalized spacial score (nSPS) is 10.8. The van der Waals surface area contributed by atoms with Crippen LogP contribution in [0.1, 0.15) is 11.1 Å². The molecule has 0 aliphatic heterocycles. The fourth-order valence-electron chi connectivity index (χ4n) is 2.52. The van der Waals surface area contributed by atoms with E-state index in [0.717, 1.165) is 0 Å². The number of benzene rings is 2. The van der Waals surface area contributed by atoms with Crippen molar-refractivity contribution in [1.82, 2.24) is 4.98 Å². The number of pyridine rings is 1. The average molecular weight is 475 g/mol. The maximum Gasteiger partial charge on any atom is 0.313 e. The fraction of sp³-hybridized carbons (Fsp3) is 0.100. The van der Waals surface area contributed by atoms with Crippen LogP contribution in [0.5, 0.6) is 11.5 Å². The topological polar surface area (TPSA) is 98.9 Å². The lowest BCUT2D eigenvalue weighted by molar-refractivity contribution is -0.384. The van der Waals surface area contributed by atoms with Crippen molar-refractivity contribution in [3.63, 3.8) is 0 Å². The Kier molecular flexibility index (Phi) is 6.91. The smallest absolute Gasteiger partial charge is 0.313 e. The number of anilines is 1. The summed E-state index contributed by atoms with van der Waals surface area (Å²) in [5.41, 5.74) is 3.41. The van der Waals surface area contributed by atoms with Gasteiger partial charge in [-0.25, -0.2) is 9.37 Å². The number of hydrogen-bond donors (Lipinski definition) is 1. The largest absolute Gasteiger partial charge is 0.493 e. The highest BCUT2D eigenvalue weighted by atomic mass is 79.9. The van der Waals surface area contributed by atoms with Gasteiger partial charge >= 0.3 is 5.69 Å². The predicted octanol–water partition coefficient (Wildman–Crippen LogP) is 4.93. The first kappa shape index (κ1) is 21.2. The molecule has 3 rings (SSSR count). The number of hydrazone groups is 1. The maximum atomic E-state index is 13.8. The first-order valence-electron chi connectivity index (χ1n) is 8.62. The van der Waals surface area contributed by atoms with Crippen LogP contribution in [0.25, 0.3) is 0 Å². The Morgan fingerprint density at radius 2 is 2.10 bits per heavy atom. The predicted molar refractivity (Wildman–Crippen MR) is 114 cm³/mol. The minimum Gasteiger partial charge on any atom is -0.493 e. The lowest BCUT2D eigenvalue weighted by Crippen LogP contribution is -2.02. The summed E-state index contributed by atoms with van der Waals surface area (Å²) in [5, 5.41) is 15.0. The Morgan fingerprint density at radius 1 is 1.30 bits per heavy atom. The third-order valence-electron chi connectivity index (χ3n) is 3.95. The zero-order chi connectivity index (χ0) is 21.5. The van der Waals surface area contributed by atoms with E-state index in [1.165, 1.54) is 37.7 Å². The van der Waals surface area contributed by atoms with E-state index >= 15 is 0 Å². The monoisotopic (exact) mass is 474 g/mol. The third kappa shape index (κ3) is 5.09. The van der Waals surface area contributed by atoms with Crippen molar-refractivity contribution < 1.29 is 18.8 Å². The molecule has 0 aliphatic rings. The van der Waals surface area contributed by atoms with E-state index in [9.17, 15) is 14.5 Å². The molecule has 0 fully saturated rings. The molecule has 0 bridgehead atoms. The van der Waals surface area contributed by atoms with Crippen molar-refractivity contribution in [3.8, 4) is 11.5 Å². The molecular weight excluding hydrogens is 459 g/mol. The zero-order valence-electron chi connectivity index (χ0n) is 15.7. The Hall–Kier alpha value is -3.53. The summed E-state index contributed by atoms with van der Waals surface area (Å²) < 4.78 is 25.5. The van der Waals surface area contributed by atoms with Gasteiger partial charge < -0.3 is 9.47 Å². The van der Waals surface area contributed by atoms with E-state index in [1.54, 1.807) is 30.3 Å². The van der Waals surface area contributed by atoms with Crippen molar-refractivity contribution >= 4 is 33.6 Å². The van der Waals surface area contributed by atoms with Gasteiger partial charge in [0.15, 0.2) is 11.5 Å². The van der Waals surface area contributed by atoms with Gasteiger partial charge in [-0.05, 0) is 45.8 Å². The number of methoxy groups -OCH3 is 1. The number of nitro groups is 1. The number of aromatic nitrogens is 1. The zero-order valence-corrected chi connectivity index (χ0v) is 17.3. The van der Waals surface area contributed by atoms with E-state index < -0.39 is 4.92 Å². The van der Waals surface area contributed by atoms with E-state index in [4.69, 9.17) is 9.47 Å². The lowest BCUT2D eigenvalue weighted by atomic mass is 10.2. The molecule has 0 radical (unpaired) electrons. The van der Waals surface area contributed by atoms with Crippen LogP contribution in [-0.4, -0.2) is 23.2 Å². The number of nitrogens with one attached hydrogen (secondary N) is 1. The lowest BCUT2D eigenvalue weighted by Gasteiger charge is -2.14. The van der Waals surface area contributed by atoms with Gasteiger partial charge in [0.05, 0.1) is 22.7 Å². The molecule has 1 N–H and O–H groups in total. The number of hydrogen-bond acceptors (Lipinski definition) is 7. The number of rotatable bonds is 8. The van der Waals surface area contributed by atoms with Crippen LogP contribution in [0.15, 0.2) is 64.3 Å². The summed E-state index contributed by atoms with van der Waals surface area (Å²) >= 11 is 3.42. The quantitative estimate of drug-likeness (QED) is 0.282. The fourth-order valence-corrected chi connectivity index (χ4v) is 3.09. The van der Waals surface area contributed by atoms with Crippen molar-refractivity contribution in [2.45, 2.75) is 6.61 Å². The number of halogens is 2. The van der Waals surface area contributed by atoms with Gasteiger partial charge in [-0.3, -0.25) is 15.5 Å². The van der Waals surface area contributed by atoms with Crippen LogP contribution in [-0.2, 0) is 6.61 Å². The molecule has 0 aliphatic carbocycles. The molecule has 0 atom stereocenters. The summed E-state index contributed by atoms with van der Waals surface area (Å²) in [6, 6.07) is 12.5. The van der Waals surface area contributed by atoms with Gasteiger partial charge in [0, 0.05) is 17.8 Å². The first-order chi connectivity index (χ1) is 14.5. The van der Waals surface area contributed by atoms with Crippen molar-refractivity contribution in [1.29, 1.82) is 0 Å². The van der Waals surface area contributed by atoms with Gasteiger partial charge in [0.25, 0.3) is 0 Å². The van der Waals surface area contributed by atoms with Gasteiger partial charge in [-0.1, -0.05) is 18.2 Å². The molecule has 0 unspecified atom stereocenters. The standard InChI is InChI=1S/C20H16BrFN4O4/c1-29-18-10-13(11-24-25-20-17(26(27)28)7-4-8-23-20)9-15(21)19(18)30-12-14-5-2-3-6-16(14)22/h2-11H,12H2,1H3,(H,23,25)/b24-11-. The Morgan fingerprint density at radius 3 is 2.83 bits per heavy atom. The Labute approximate surface area is 179 Å². The molecule has 3 aromatic rings. The molecule has 0 saturated heterocycles. The molecule has 1 heterocycles. The Balaban J connectivity index is 1.76. The summed E-state index contributed by atoms with van der Waals surface area (Å²) in [6.07, 6.45) is 2.87. The number of ether oxygens (including phenoxy) is 2. The second-order valence-electron chi connectivity index (χ2n) is 5.91. The molecule has 0 saturated carbocycles. The van der Waals surface area contributed by atoms with Crippen LogP contribution >= 0.6 is 15.9 Å². The molecule has 2 aromatic carbocycles. The molecule has 154 valence electrons. The summed E-state index contributed by atoms with van der Waals surface area (Å²) in [5.74, 6) is 0.484. The molecule has 1 aromatic heterocycles. The number of nitrogens with zero attached hydrogens (tertiary/aromatic N) is 3. The second-order valence-corrected chi connectivity index (χ2v) is 6.77. The first-order valence-corrected chi connectivity index (χ1v) is 9.41. The van der Waals surface area contributed by atoms with Gasteiger partial charge in [0.2, 0.25) is 5.82 Å². The van der Waals surface area contributed by atoms with E-state index in [1.807, 2.05) is 0 Å². The van der Waals surface area contributed by atoms with Crippen LogP contribution in [0.4, 0.5) is 15.9 Å². The summed E-state index contributed by atoms with van der Waals surface area (Å²) in [6.45, 7) is 0.0277. The van der Waals surface area contributed by atoms with E-state index in [2.05, 4.69) is 31.4 Å². The second kappa shape index (κ2) is 9.79. The van der Waals surface area contributed by atoms with Gasteiger partial charge in [0.1, 0.15) is 12.4 Å². The third-order valence-corrected chi connectivity index (χ3v) is 4.54. The maximum absolute atomic E-state index is 13.8. The molecule has 10 heteroatoms. The molecule has 0 spiro atoms.